The van der Waals surface area contributed by atoms with Gasteiger partial charge in [0.25, 0.3) is 10.0 Å². The minimum atomic E-state index is -3.83. The van der Waals surface area contributed by atoms with Gasteiger partial charge in [0.1, 0.15) is 11.9 Å². The smallest absolute Gasteiger partial charge is 0.317 e. The number of nitrogens with one attached hydrogen (secondary N) is 2. The molecule has 0 radical (unpaired) electrons. The van der Waals surface area contributed by atoms with Crippen LogP contribution in [0.15, 0.2) is 53.4 Å². The molecule has 3 amide bonds. The molecule has 11 heteroatoms. The third-order valence-corrected chi connectivity index (χ3v) is 9.35. The molecule has 1 fully saturated rings. The molecule has 2 aromatic carbocycles. The van der Waals surface area contributed by atoms with Crippen molar-refractivity contribution in [1.82, 2.24) is 15.1 Å². The molecule has 0 bridgehead atoms. The predicted octanol–water partition coefficient (Wildman–Crippen LogP) is 3.61. The maximum absolute atomic E-state index is 13.5. The van der Waals surface area contributed by atoms with E-state index in [-0.39, 0.29) is 48.4 Å². The molecule has 2 aliphatic rings. The van der Waals surface area contributed by atoms with Crippen LogP contribution in [0.1, 0.15) is 51.5 Å². The second-order valence-corrected chi connectivity index (χ2v) is 13.0. The van der Waals surface area contributed by atoms with Crippen LogP contribution in [0.5, 0.6) is 5.75 Å². The summed E-state index contributed by atoms with van der Waals surface area (Å²) in [5, 5.41) is 13.0. The SMILES string of the molecule is C[C@H](CO)N1C[C@H](C)[C@H](CN(C)C(=O)NC2CCCCC2)Oc2ccc(NS(=O)(=O)c3ccccc3)cc2CC1=O. The van der Waals surface area contributed by atoms with Crippen LogP contribution >= 0.6 is 0 Å². The van der Waals surface area contributed by atoms with Crippen molar-refractivity contribution in [3.8, 4) is 5.75 Å². The summed E-state index contributed by atoms with van der Waals surface area (Å²) in [6.07, 6.45) is 4.91. The van der Waals surface area contributed by atoms with E-state index in [1.54, 1.807) is 60.2 Å². The molecule has 1 saturated carbocycles. The van der Waals surface area contributed by atoms with Crippen LogP contribution in [-0.2, 0) is 21.2 Å². The van der Waals surface area contributed by atoms with Gasteiger partial charge in [-0.1, -0.05) is 44.4 Å². The maximum atomic E-state index is 13.5. The van der Waals surface area contributed by atoms with E-state index >= 15 is 0 Å². The van der Waals surface area contributed by atoms with Gasteiger partial charge in [-0.2, -0.15) is 0 Å². The molecule has 1 aliphatic carbocycles. The lowest BCUT2D eigenvalue weighted by molar-refractivity contribution is -0.134. The number of carbonyl (C=O) groups excluding carboxylic acids is 2. The Hall–Kier alpha value is -3.31. The fraction of sp³-hybridized carbons (Fsp3) is 0.533. The highest BCUT2D eigenvalue weighted by Crippen LogP contribution is 2.30. The van der Waals surface area contributed by atoms with Gasteiger partial charge in [-0.05, 0) is 50.1 Å². The Balaban J connectivity index is 1.59. The van der Waals surface area contributed by atoms with Crippen LogP contribution < -0.4 is 14.8 Å². The fourth-order valence-corrected chi connectivity index (χ4v) is 6.48. The number of nitrogens with zero attached hydrogens (tertiary/aromatic N) is 2. The lowest BCUT2D eigenvalue weighted by Gasteiger charge is -2.34. The van der Waals surface area contributed by atoms with E-state index in [0.717, 1.165) is 25.7 Å². The van der Waals surface area contributed by atoms with Crippen LogP contribution in [0.2, 0.25) is 0 Å². The van der Waals surface area contributed by atoms with Gasteiger partial charge in [0, 0.05) is 36.8 Å². The van der Waals surface area contributed by atoms with E-state index in [4.69, 9.17) is 4.74 Å². The highest BCUT2D eigenvalue weighted by atomic mass is 32.2. The molecular weight excluding hydrogens is 544 g/mol. The van der Waals surface area contributed by atoms with Gasteiger partial charge in [0.05, 0.1) is 30.5 Å². The Labute approximate surface area is 243 Å². The number of aliphatic hydroxyl groups is 1. The topological polar surface area (TPSA) is 128 Å². The Morgan fingerprint density at radius 2 is 1.85 bits per heavy atom. The molecule has 41 heavy (non-hydrogen) atoms. The maximum Gasteiger partial charge on any atom is 0.317 e. The zero-order chi connectivity index (χ0) is 29.6. The van der Waals surface area contributed by atoms with Crippen LogP contribution in [0, 0.1) is 5.92 Å². The van der Waals surface area contributed by atoms with E-state index in [2.05, 4.69) is 10.0 Å². The van der Waals surface area contributed by atoms with Gasteiger partial charge >= 0.3 is 6.03 Å². The summed E-state index contributed by atoms with van der Waals surface area (Å²) in [6.45, 7) is 4.18. The Morgan fingerprint density at radius 1 is 1.15 bits per heavy atom. The summed E-state index contributed by atoms with van der Waals surface area (Å²) in [5.74, 6) is 0.0907. The Bertz CT molecular complexity index is 1300. The molecular formula is C30H42N4O6S. The molecule has 4 rings (SSSR count). The number of amides is 3. The van der Waals surface area contributed by atoms with E-state index < -0.39 is 22.2 Å². The first kappa shape index (κ1) is 30.6. The second kappa shape index (κ2) is 13.6. The quantitative estimate of drug-likeness (QED) is 0.434. The number of likely N-dealkylation sites (N-methyl/N-ethyl adjacent to an activating group) is 1. The molecule has 2 aromatic rings. The number of fused-ring (bicyclic) bond motifs is 1. The van der Waals surface area contributed by atoms with E-state index in [1.165, 1.54) is 18.6 Å². The molecule has 0 spiro atoms. The number of hydrogen-bond acceptors (Lipinski definition) is 6. The zero-order valence-electron chi connectivity index (χ0n) is 24.1. The molecule has 3 N–H and O–H groups in total. The van der Waals surface area contributed by atoms with Crippen LogP contribution in [0.4, 0.5) is 10.5 Å². The summed E-state index contributed by atoms with van der Waals surface area (Å²) in [4.78, 5) is 29.9. The minimum absolute atomic E-state index is 0.0297. The van der Waals surface area contributed by atoms with E-state index in [0.29, 0.717) is 23.5 Å². The molecule has 1 heterocycles. The number of benzene rings is 2. The summed E-state index contributed by atoms with van der Waals surface area (Å²) in [5.41, 5.74) is 0.824. The largest absolute Gasteiger partial charge is 0.488 e. The van der Waals surface area contributed by atoms with E-state index in [1.807, 2.05) is 6.92 Å². The number of anilines is 1. The summed E-state index contributed by atoms with van der Waals surface area (Å²) < 4.78 is 34.9. The minimum Gasteiger partial charge on any atom is -0.488 e. The molecule has 0 aromatic heterocycles. The monoisotopic (exact) mass is 586 g/mol. The number of aliphatic hydroxyl groups excluding tert-OH is 1. The average molecular weight is 587 g/mol. The van der Waals surface area contributed by atoms with Crippen LogP contribution in [-0.4, -0.2) is 80.2 Å². The third-order valence-electron chi connectivity index (χ3n) is 7.96. The van der Waals surface area contributed by atoms with Gasteiger partial charge in [0.15, 0.2) is 0 Å². The molecule has 0 saturated heterocycles. The van der Waals surface area contributed by atoms with Crippen molar-refractivity contribution < 1.29 is 27.9 Å². The Morgan fingerprint density at radius 3 is 2.54 bits per heavy atom. The van der Waals surface area contributed by atoms with Gasteiger partial charge < -0.3 is 25.0 Å². The summed E-state index contributed by atoms with van der Waals surface area (Å²) in [7, 11) is -2.09. The average Bonchev–Trinajstić information content (AvgIpc) is 3.01. The number of rotatable bonds is 8. The van der Waals surface area contributed by atoms with Crippen molar-refractivity contribution in [2.75, 3.05) is 31.5 Å². The van der Waals surface area contributed by atoms with Gasteiger partial charge in [-0.15, -0.1) is 0 Å². The van der Waals surface area contributed by atoms with Crippen molar-refractivity contribution in [3.63, 3.8) is 0 Å². The second-order valence-electron chi connectivity index (χ2n) is 11.3. The molecule has 224 valence electrons. The molecule has 1 aliphatic heterocycles. The van der Waals surface area contributed by atoms with Crippen molar-refractivity contribution in [2.45, 2.75) is 75.5 Å². The molecule has 0 unspecified atom stereocenters. The van der Waals surface area contributed by atoms with Crippen LogP contribution in [0.25, 0.3) is 0 Å². The van der Waals surface area contributed by atoms with Gasteiger partial charge in [-0.25, -0.2) is 13.2 Å². The standard InChI is InChI=1S/C30H42N4O6S/c1-21-18-34(22(2)20-35)29(36)17-23-16-25(32-41(38,39)26-12-8-5-9-13-26)14-15-27(23)40-28(21)19-33(3)30(37)31-24-10-6-4-7-11-24/h5,8-9,12-16,21-22,24,28,32,35H,4,6-7,10-11,17-20H2,1-3H3,(H,31,37)/t21-,22+,28-/m0/s1. The van der Waals surface area contributed by atoms with Crippen molar-refractivity contribution in [1.29, 1.82) is 0 Å². The van der Waals surface area contributed by atoms with Crippen molar-refractivity contribution >= 4 is 27.6 Å². The first-order chi connectivity index (χ1) is 19.6. The van der Waals surface area contributed by atoms with E-state index in [9.17, 15) is 23.1 Å². The number of carbonyl (C=O) groups is 2. The highest BCUT2D eigenvalue weighted by molar-refractivity contribution is 7.92. The lowest BCUT2D eigenvalue weighted by Crippen LogP contribution is -2.50. The number of ether oxygens (including phenoxy) is 1. The predicted molar refractivity (Wildman–Crippen MR) is 157 cm³/mol. The fourth-order valence-electron chi connectivity index (χ4n) is 5.41. The third kappa shape index (κ3) is 7.91. The number of hydrogen-bond donors (Lipinski definition) is 3. The summed E-state index contributed by atoms with van der Waals surface area (Å²) in [6, 6.07) is 12.5. The molecule has 10 nitrogen and oxygen atoms in total. The zero-order valence-corrected chi connectivity index (χ0v) is 24.9. The summed E-state index contributed by atoms with van der Waals surface area (Å²) >= 11 is 0. The normalized spacial score (nSPS) is 21.0. The van der Waals surface area contributed by atoms with Gasteiger partial charge in [0.2, 0.25) is 5.91 Å². The van der Waals surface area contributed by atoms with Crippen molar-refractivity contribution in [3.05, 3.63) is 54.1 Å². The first-order valence-corrected chi connectivity index (χ1v) is 15.8. The highest BCUT2D eigenvalue weighted by Gasteiger charge is 2.32. The number of urea groups is 1. The van der Waals surface area contributed by atoms with Crippen LogP contribution in [0.3, 0.4) is 0 Å². The molecule has 3 atom stereocenters. The van der Waals surface area contributed by atoms with Gasteiger partial charge in [-0.3, -0.25) is 9.52 Å². The first-order valence-electron chi connectivity index (χ1n) is 14.4. The van der Waals surface area contributed by atoms with Crippen molar-refractivity contribution in [2.24, 2.45) is 5.92 Å². The lowest BCUT2D eigenvalue weighted by atomic mass is 9.96. The number of sulfonamides is 1. The Kier molecular flexibility index (Phi) is 10.1.